The Balaban J connectivity index is 2.58. The lowest BCUT2D eigenvalue weighted by molar-refractivity contribution is -0.135. The van der Waals surface area contributed by atoms with Gasteiger partial charge in [-0.3, -0.25) is 9.48 Å². The number of hydrogen-bond acceptors (Lipinski definition) is 4. The van der Waals surface area contributed by atoms with Crippen LogP contribution >= 0.6 is 11.6 Å². The molecule has 104 valence electrons. The molecule has 0 atom stereocenters. The van der Waals surface area contributed by atoms with E-state index in [1.54, 1.807) is 20.0 Å². The third-order valence-electron chi connectivity index (χ3n) is 2.52. The smallest absolute Gasteiger partial charge is 0.330 e. The van der Waals surface area contributed by atoms with Gasteiger partial charge in [-0.2, -0.15) is 5.10 Å². The molecular weight excluding hydrogens is 270 g/mol. The lowest BCUT2D eigenvalue weighted by Crippen LogP contribution is -2.44. The molecule has 0 aliphatic rings. The third-order valence-corrected chi connectivity index (χ3v) is 2.71. The molecule has 1 N–H and O–H groups in total. The molecule has 0 bridgehead atoms. The van der Waals surface area contributed by atoms with Crippen LogP contribution in [0, 0.1) is 0 Å². The first kappa shape index (κ1) is 15.2. The van der Waals surface area contributed by atoms with E-state index in [1.807, 2.05) is 0 Å². The van der Waals surface area contributed by atoms with Crippen molar-refractivity contribution >= 4 is 23.5 Å². The minimum absolute atomic E-state index is 0.229. The highest BCUT2D eigenvalue weighted by atomic mass is 35.5. The van der Waals surface area contributed by atoms with Gasteiger partial charge < -0.3 is 10.1 Å². The minimum atomic E-state index is -0.869. The van der Waals surface area contributed by atoms with E-state index in [0.29, 0.717) is 5.02 Å². The molecule has 0 radical (unpaired) electrons. The molecule has 0 fully saturated rings. The van der Waals surface area contributed by atoms with Gasteiger partial charge in [-0.25, -0.2) is 4.79 Å². The summed E-state index contributed by atoms with van der Waals surface area (Å²) < 4.78 is 5.91. The molecule has 0 aliphatic heterocycles. The molecule has 0 spiro atoms. The molecule has 0 aliphatic carbocycles. The number of halogens is 1. The number of rotatable bonds is 5. The lowest BCUT2D eigenvalue weighted by atomic mass is 10.1. The van der Waals surface area contributed by atoms with Crippen molar-refractivity contribution in [3.8, 4) is 0 Å². The summed E-state index contributed by atoms with van der Waals surface area (Å²) in [4.78, 5) is 22.9. The van der Waals surface area contributed by atoms with E-state index in [2.05, 4.69) is 15.2 Å². The van der Waals surface area contributed by atoms with Crippen molar-refractivity contribution in [1.82, 2.24) is 15.1 Å². The van der Waals surface area contributed by atoms with Crippen LogP contribution in [0.15, 0.2) is 24.5 Å². The molecule has 0 aromatic carbocycles. The molecule has 1 aromatic rings. The average molecular weight is 286 g/mol. The van der Waals surface area contributed by atoms with Crippen molar-refractivity contribution in [3.63, 3.8) is 0 Å². The van der Waals surface area contributed by atoms with E-state index in [9.17, 15) is 9.59 Å². The maximum absolute atomic E-state index is 12.0. The monoisotopic (exact) mass is 285 g/mol. The molecule has 19 heavy (non-hydrogen) atoms. The van der Waals surface area contributed by atoms with Crippen LogP contribution in [0.25, 0.3) is 0 Å². The summed E-state index contributed by atoms with van der Waals surface area (Å²) in [6.45, 7) is 3.66. The number of methoxy groups -OCH3 is 1. The second kappa shape index (κ2) is 6.38. The van der Waals surface area contributed by atoms with Crippen LogP contribution in [-0.4, -0.2) is 35.3 Å². The maximum Gasteiger partial charge on any atom is 0.330 e. The fourth-order valence-corrected chi connectivity index (χ4v) is 1.44. The van der Waals surface area contributed by atoms with Gasteiger partial charge in [-0.1, -0.05) is 17.7 Å². The Morgan fingerprint density at radius 2 is 2.26 bits per heavy atom. The van der Waals surface area contributed by atoms with E-state index >= 15 is 0 Å². The van der Waals surface area contributed by atoms with Crippen LogP contribution in [-0.2, 0) is 19.9 Å². The Hall–Kier alpha value is -1.82. The van der Waals surface area contributed by atoms with Crippen LogP contribution in [0.1, 0.15) is 13.8 Å². The standard InChI is InChI=1S/C12H16ClN3O3/c1-12(2,16-8-9(13)7-15-16)11(18)14-6-4-5-10(17)19-3/h4-5,7-8H,6H2,1-3H3,(H,14,18)/b5-4+. The summed E-state index contributed by atoms with van der Waals surface area (Å²) in [5.41, 5.74) is -0.869. The first-order chi connectivity index (χ1) is 8.87. The normalized spacial score (nSPS) is 11.6. The number of aromatic nitrogens is 2. The second-order valence-electron chi connectivity index (χ2n) is 4.30. The summed E-state index contributed by atoms with van der Waals surface area (Å²) >= 11 is 5.77. The molecule has 1 amide bonds. The Morgan fingerprint density at radius 1 is 1.58 bits per heavy atom. The second-order valence-corrected chi connectivity index (χ2v) is 4.73. The van der Waals surface area contributed by atoms with Gasteiger partial charge in [0.25, 0.3) is 0 Å². The molecule has 0 saturated heterocycles. The van der Waals surface area contributed by atoms with E-state index < -0.39 is 11.5 Å². The Labute approximate surface area is 116 Å². The van der Waals surface area contributed by atoms with E-state index in [-0.39, 0.29) is 12.5 Å². The number of hydrogen-bond donors (Lipinski definition) is 1. The summed E-state index contributed by atoms with van der Waals surface area (Å²) in [7, 11) is 1.29. The van der Waals surface area contributed by atoms with E-state index in [4.69, 9.17) is 11.6 Å². The first-order valence-corrected chi connectivity index (χ1v) is 5.99. The highest BCUT2D eigenvalue weighted by molar-refractivity contribution is 6.30. The number of ether oxygens (including phenoxy) is 1. The average Bonchev–Trinajstić information content (AvgIpc) is 2.81. The highest BCUT2D eigenvalue weighted by Gasteiger charge is 2.30. The van der Waals surface area contributed by atoms with Crippen LogP contribution in [0.3, 0.4) is 0 Å². The highest BCUT2D eigenvalue weighted by Crippen LogP contribution is 2.17. The molecule has 0 unspecified atom stereocenters. The van der Waals surface area contributed by atoms with Crippen LogP contribution < -0.4 is 5.32 Å². The fraction of sp³-hybridized carbons (Fsp3) is 0.417. The predicted molar refractivity (Wildman–Crippen MR) is 70.7 cm³/mol. The van der Waals surface area contributed by atoms with Gasteiger partial charge >= 0.3 is 5.97 Å². The van der Waals surface area contributed by atoms with Crippen molar-refractivity contribution in [2.75, 3.05) is 13.7 Å². The third kappa shape index (κ3) is 4.10. The summed E-state index contributed by atoms with van der Waals surface area (Å²) in [5.74, 6) is -0.700. The zero-order valence-electron chi connectivity index (χ0n) is 11.0. The van der Waals surface area contributed by atoms with Gasteiger partial charge in [-0.15, -0.1) is 0 Å². The largest absolute Gasteiger partial charge is 0.466 e. The molecule has 1 rings (SSSR count). The number of carbonyl (C=O) groups excluding carboxylic acids is 2. The van der Waals surface area contributed by atoms with Crippen LogP contribution in [0.4, 0.5) is 0 Å². The summed E-state index contributed by atoms with van der Waals surface area (Å²) in [6.07, 6.45) is 5.80. The molecule has 1 heterocycles. The molecule has 1 aromatic heterocycles. The maximum atomic E-state index is 12.0. The zero-order valence-corrected chi connectivity index (χ0v) is 11.8. The molecule has 7 heteroatoms. The number of nitrogens with zero attached hydrogens (tertiary/aromatic N) is 2. The van der Waals surface area contributed by atoms with Crippen LogP contribution in [0.5, 0.6) is 0 Å². The number of carbonyl (C=O) groups is 2. The lowest BCUT2D eigenvalue weighted by Gasteiger charge is -2.23. The molecule has 0 saturated carbocycles. The van der Waals surface area contributed by atoms with Crippen LogP contribution in [0.2, 0.25) is 5.02 Å². The SMILES string of the molecule is COC(=O)/C=C/CNC(=O)C(C)(C)n1cc(Cl)cn1. The summed E-state index contributed by atoms with van der Waals surface area (Å²) in [6, 6.07) is 0. The van der Waals surface area contributed by atoms with Gasteiger partial charge in [-0.05, 0) is 13.8 Å². The Bertz CT molecular complexity index is 494. The zero-order chi connectivity index (χ0) is 14.5. The topological polar surface area (TPSA) is 73.2 Å². The molecule has 6 nitrogen and oxygen atoms in total. The van der Waals surface area contributed by atoms with Gasteiger partial charge in [0, 0.05) is 18.8 Å². The Kier molecular flexibility index (Phi) is 5.11. The van der Waals surface area contributed by atoms with Crippen molar-refractivity contribution in [2.24, 2.45) is 0 Å². The van der Waals surface area contributed by atoms with Gasteiger partial charge in [0.15, 0.2) is 0 Å². The Morgan fingerprint density at radius 3 is 2.79 bits per heavy atom. The van der Waals surface area contributed by atoms with Crippen molar-refractivity contribution in [3.05, 3.63) is 29.6 Å². The fourth-order valence-electron chi connectivity index (χ4n) is 1.30. The quantitative estimate of drug-likeness (QED) is 0.650. The van der Waals surface area contributed by atoms with Crippen molar-refractivity contribution in [1.29, 1.82) is 0 Å². The number of nitrogens with one attached hydrogen (secondary N) is 1. The van der Waals surface area contributed by atoms with Gasteiger partial charge in [0.05, 0.1) is 18.3 Å². The van der Waals surface area contributed by atoms with E-state index in [0.717, 1.165) is 0 Å². The predicted octanol–water partition coefficient (Wildman–Crippen LogP) is 1.12. The molecular formula is C12H16ClN3O3. The van der Waals surface area contributed by atoms with E-state index in [1.165, 1.54) is 30.1 Å². The van der Waals surface area contributed by atoms with Crippen molar-refractivity contribution < 1.29 is 14.3 Å². The van der Waals surface area contributed by atoms with Gasteiger partial charge in [0.2, 0.25) is 5.91 Å². The number of esters is 1. The minimum Gasteiger partial charge on any atom is -0.466 e. The van der Waals surface area contributed by atoms with Gasteiger partial charge in [0.1, 0.15) is 5.54 Å². The first-order valence-electron chi connectivity index (χ1n) is 5.61. The van der Waals surface area contributed by atoms with Crippen molar-refractivity contribution in [2.45, 2.75) is 19.4 Å². The summed E-state index contributed by atoms with van der Waals surface area (Å²) in [5, 5.41) is 7.15. The number of amides is 1.